The number of nitrogens with one attached hydrogen (secondary N) is 1. The molecule has 0 aromatic carbocycles. The maximum Gasteiger partial charge on any atom is 0.102 e. The number of hydrogen-bond donors (Lipinski definition) is 1. The summed E-state index contributed by atoms with van der Waals surface area (Å²) in [6, 6.07) is 0. The van der Waals surface area contributed by atoms with Gasteiger partial charge in [0.25, 0.3) is 0 Å². The average Bonchev–Trinajstić information content (AvgIpc) is 1.63. The third-order valence-electron chi connectivity index (χ3n) is 1.08. The van der Waals surface area contributed by atoms with Crippen molar-refractivity contribution in [3.8, 4) is 0 Å². The van der Waals surface area contributed by atoms with Gasteiger partial charge in [-0.15, -0.1) is 0 Å². The second-order valence-corrected chi connectivity index (χ2v) is 2.34. The third kappa shape index (κ3) is 5.47. The molecule has 0 aromatic rings. The quantitative estimate of drug-likeness (QED) is 0.567. The summed E-state index contributed by atoms with van der Waals surface area (Å²) in [4.78, 5) is 0. The zero-order valence-electron chi connectivity index (χ0n) is 6.08. The molecular formula is C7H14FN. The molecule has 0 fully saturated rings. The Balaban J connectivity index is 3.27. The summed E-state index contributed by atoms with van der Waals surface area (Å²) in [6.45, 7) is 3.49. The number of alkyl halides is 1. The molecule has 0 rings (SSSR count). The summed E-state index contributed by atoms with van der Waals surface area (Å²) in [5.41, 5.74) is 0.535. The Morgan fingerprint density at radius 1 is 1.67 bits per heavy atom. The number of rotatable bonds is 4. The topological polar surface area (TPSA) is 23.9 Å². The molecular weight excluding hydrogens is 117 g/mol. The molecule has 0 saturated heterocycles. The Kier molecular flexibility index (Phi) is 4.28. The van der Waals surface area contributed by atoms with E-state index in [1.54, 1.807) is 0 Å². The van der Waals surface area contributed by atoms with E-state index >= 15 is 0 Å². The molecule has 0 aliphatic heterocycles. The molecule has 1 N–H and O–H groups in total. The van der Waals surface area contributed by atoms with Crippen molar-refractivity contribution in [2.24, 2.45) is 0 Å². The van der Waals surface area contributed by atoms with Gasteiger partial charge in [-0.05, 0) is 13.3 Å². The first-order valence-corrected chi connectivity index (χ1v) is 3.37. The molecule has 0 aliphatic rings. The van der Waals surface area contributed by atoms with E-state index in [1.807, 2.05) is 6.92 Å². The first kappa shape index (κ1) is 8.60. The lowest BCUT2D eigenvalue weighted by Crippen LogP contribution is -2.03. The Hall–Kier alpha value is -0.400. The standard InChI is InChI=1S/C7H14FN/c1-3-4-7(9)5-6(2)8/h6,9H,3-5H2,1-2H3/t6-/m0/s1. The molecule has 2 heteroatoms. The summed E-state index contributed by atoms with van der Waals surface area (Å²) in [5, 5.41) is 7.18. The molecule has 0 aliphatic carbocycles. The van der Waals surface area contributed by atoms with Crippen LogP contribution >= 0.6 is 0 Å². The minimum Gasteiger partial charge on any atom is -0.310 e. The molecule has 0 bridgehead atoms. The Morgan fingerprint density at radius 3 is 2.56 bits per heavy atom. The summed E-state index contributed by atoms with van der Waals surface area (Å²) < 4.78 is 12.1. The zero-order valence-corrected chi connectivity index (χ0v) is 6.08. The van der Waals surface area contributed by atoms with Gasteiger partial charge < -0.3 is 5.41 Å². The predicted octanol–water partition coefficient (Wildman–Crippen LogP) is 2.55. The monoisotopic (exact) mass is 131 g/mol. The van der Waals surface area contributed by atoms with E-state index in [2.05, 4.69) is 0 Å². The fourth-order valence-electron chi connectivity index (χ4n) is 0.743. The molecule has 0 radical (unpaired) electrons. The van der Waals surface area contributed by atoms with Gasteiger partial charge in [0.05, 0.1) is 0 Å². The van der Waals surface area contributed by atoms with Gasteiger partial charge in [-0.3, -0.25) is 0 Å². The van der Waals surface area contributed by atoms with Crippen molar-refractivity contribution in [1.82, 2.24) is 0 Å². The Labute approximate surface area is 55.8 Å². The molecule has 9 heavy (non-hydrogen) atoms. The minimum absolute atomic E-state index is 0.313. The summed E-state index contributed by atoms with van der Waals surface area (Å²) in [5.74, 6) is 0. The van der Waals surface area contributed by atoms with Gasteiger partial charge in [-0.2, -0.15) is 0 Å². The normalized spacial score (nSPS) is 13.2. The van der Waals surface area contributed by atoms with Crippen LogP contribution < -0.4 is 0 Å². The molecule has 0 unspecified atom stereocenters. The number of hydrogen-bond acceptors (Lipinski definition) is 1. The van der Waals surface area contributed by atoms with Crippen LogP contribution in [0.2, 0.25) is 0 Å². The van der Waals surface area contributed by atoms with E-state index in [-0.39, 0.29) is 0 Å². The Bertz CT molecular complexity index is 88.9. The molecule has 0 aromatic heterocycles. The van der Waals surface area contributed by atoms with Crippen LogP contribution in [0.25, 0.3) is 0 Å². The van der Waals surface area contributed by atoms with Crippen LogP contribution in [0.5, 0.6) is 0 Å². The van der Waals surface area contributed by atoms with E-state index < -0.39 is 6.17 Å². The highest BCUT2D eigenvalue weighted by atomic mass is 19.1. The lowest BCUT2D eigenvalue weighted by molar-refractivity contribution is 0.371. The van der Waals surface area contributed by atoms with Crippen LogP contribution in [0.15, 0.2) is 0 Å². The van der Waals surface area contributed by atoms with E-state index in [0.717, 1.165) is 12.8 Å². The van der Waals surface area contributed by atoms with Crippen LogP contribution in [0.1, 0.15) is 33.1 Å². The van der Waals surface area contributed by atoms with Gasteiger partial charge >= 0.3 is 0 Å². The molecule has 0 saturated carbocycles. The molecule has 54 valence electrons. The summed E-state index contributed by atoms with van der Waals surface area (Å²) >= 11 is 0. The van der Waals surface area contributed by atoms with Crippen molar-refractivity contribution in [2.75, 3.05) is 0 Å². The summed E-state index contributed by atoms with van der Waals surface area (Å²) in [7, 11) is 0. The van der Waals surface area contributed by atoms with Crippen LogP contribution in [-0.4, -0.2) is 11.9 Å². The van der Waals surface area contributed by atoms with Crippen molar-refractivity contribution in [3.05, 3.63) is 0 Å². The minimum atomic E-state index is -0.843. The fraction of sp³-hybridized carbons (Fsp3) is 0.857. The second kappa shape index (κ2) is 4.48. The van der Waals surface area contributed by atoms with Crippen LogP contribution in [-0.2, 0) is 0 Å². The highest BCUT2D eigenvalue weighted by Gasteiger charge is 2.01. The van der Waals surface area contributed by atoms with E-state index in [4.69, 9.17) is 5.41 Å². The highest BCUT2D eigenvalue weighted by Crippen LogP contribution is 2.01. The average molecular weight is 131 g/mol. The van der Waals surface area contributed by atoms with Crippen LogP contribution in [0.3, 0.4) is 0 Å². The van der Waals surface area contributed by atoms with Crippen molar-refractivity contribution < 1.29 is 4.39 Å². The molecule has 0 spiro atoms. The van der Waals surface area contributed by atoms with Gasteiger partial charge in [0, 0.05) is 12.1 Å². The zero-order chi connectivity index (χ0) is 7.28. The van der Waals surface area contributed by atoms with Gasteiger partial charge in [-0.25, -0.2) is 4.39 Å². The molecule has 0 amide bonds. The first-order valence-electron chi connectivity index (χ1n) is 3.37. The van der Waals surface area contributed by atoms with Gasteiger partial charge in [0.2, 0.25) is 0 Å². The first-order chi connectivity index (χ1) is 4.16. The highest BCUT2D eigenvalue weighted by molar-refractivity contribution is 5.81. The van der Waals surface area contributed by atoms with E-state index in [1.165, 1.54) is 6.92 Å². The maximum absolute atomic E-state index is 12.1. The predicted molar refractivity (Wildman–Crippen MR) is 37.8 cm³/mol. The number of halogens is 1. The maximum atomic E-state index is 12.1. The van der Waals surface area contributed by atoms with Gasteiger partial charge in [0.1, 0.15) is 6.17 Å². The lowest BCUT2D eigenvalue weighted by Gasteiger charge is -2.00. The molecule has 0 heterocycles. The Morgan fingerprint density at radius 2 is 2.22 bits per heavy atom. The lowest BCUT2D eigenvalue weighted by atomic mass is 10.1. The SMILES string of the molecule is CCCC(=N)C[C@H](C)F. The van der Waals surface area contributed by atoms with Crippen molar-refractivity contribution in [2.45, 2.75) is 39.3 Å². The smallest absolute Gasteiger partial charge is 0.102 e. The molecule has 1 atom stereocenters. The van der Waals surface area contributed by atoms with E-state index in [0.29, 0.717) is 12.1 Å². The van der Waals surface area contributed by atoms with E-state index in [9.17, 15) is 4.39 Å². The second-order valence-electron chi connectivity index (χ2n) is 2.34. The van der Waals surface area contributed by atoms with Crippen molar-refractivity contribution in [1.29, 1.82) is 5.41 Å². The van der Waals surface area contributed by atoms with Gasteiger partial charge in [0.15, 0.2) is 0 Å². The van der Waals surface area contributed by atoms with Crippen molar-refractivity contribution in [3.63, 3.8) is 0 Å². The third-order valence-corrected chi connectivity index (χ3v) is 1.08. The summed E-state index contributed by atoms with van der Waals surface area (Å²) in [6.07, 6.45) is 1.16. The van der Waals surface area contributed by atoms with Gasteiger partial charge in [-0.1, -0.05) is 13.3 Å². The van der Waals surface area contributed by atoms with Crippen LogP contribution in [0.4, 0.5) is 4.39 Å². The van der Waals surface area contributed by atoms with Crippen LogP contribution in [0, 0.1) is 5.41 Å². The van der Waals surface area contributed by atoms with Crippen molar-refractivity contribution >= 4 is 5.71 Å². The fourth-order valence-corrected chi connectivity index (χ4v) is 0.743. The largest absolute Gasteiger partial charge is 0.310 e. The molecule has 1 nitrogen and oxygen atoms in total.